The summed E-state index contributed by atoms with van der Waals surface area (Å²) in [5.41, 5.74) is 4.71. The highest BCUT2D eigenvalue weighted by atomic mass is 19.4. The number of carbonyl (C=O) groups excluding carboxylic acids is 1. The van der Waals surface area contributed by atoms with E-state index in [4.69, 9.17) is 10.5 Å². The number of alkyl halides is 3. The van der Waals surface area contributed by atoms with E-state index in [2.05, 4.69) is 10.1 Å². The maximum Gasteiger partial charge on any atom is 0.418 e. The Morgan fingerprint density at radius 2 is 2.00 bits per heavy atom. The lowest BCUT2D eigenvalue weighted by Crippen LogP contribution is -2.56. The van der Waals surface area contributed by atoms with E-state index in [-0.39, 0.29) is 29.0 Å². The van der Waals surface area contributed by atoms with Gasteiger partial charge in [-0.1, -0.05) is 12.1 Å². The lowest BCUT2D eigenvalue weighted by atomic mass is 10.0. The average molecular weight is 419 g/mol. The van der Waals surface area contributed by atoms with Gasteiger partial charge in [0.2, 0.25) is 0 Å². The number of hydrogen-bond donors (Lipinski definition) is 1. The second kappa shape index (κ2) is 6.69. The zero-order valence-electron chi connectivity index (χ0n) is 16.6. The summed E-state index contributed by atoms with van der Waals surface area (Å²) >= 11 is 0. The van der Waals surface area contributed by atoms with Gasteiger partial charge >= 0.3 is 6.18 Å². The summed E-state index contributed by atoms with van der Waals surface area (Å²) in [6.45, 7) is 5.58. The van der Waals surface area contributed by atoms with Crippen LogP contribution in [0.5, 0.6) is 0 Å². The molecule has 7 nitrogen and oxygen atoms in total. The molecule has 158 valence electrons. The van der Waals surface area contributed by atoms with Crippen molar-refractivity contribution in [3.8, 4) is 11.3 Å². The number of ether oxygens (including phenoxy) is 1. The molecule has 0 saturated carbocycles. The van der Waals surface area contributed by atoms with Gasteiger partial charge in [0.25, 0.3) is 5.91 Å². The van der Waals surface area contributed by atoms with Crippen molar-refractivity contribution in [3.63, 3.8) is 0 Å². The molecule has 1 amide bonds. The number of rotatable bonds is 2. The van der Waals surface area contributed by atoms with E-state index >= 15 is 0 Å². The van der Waals surface area contributed by atoms with Crippen LogP contribution in [0.1, 0.15) is 26.3 Å². The Bertz CT molecular complexity index is 1140. The molecule has 0 radical (unpaired) electrons. The van der Waals surface area contributed by atoms with E-state index in [0.717, 1.165) is 16.9 Å². The molecule has 1 fully saturated rings. The summed E-state index contributed by atoms with van der Waals surface area (Å²) in [6, 6.07) is 7.73. The van der Waals surface area contributed by atoms with Gasteiger partial charge in [0, 0.05) is 11.3 Å². The van der Waals surface area contributed by atoms with Gasteiger partial charge in [0.05, 0.1) is 23.9 Å². The zero-order chi connectivity index (χ0) is 21.8. The molecule has 2 aromatic heterocycles. The lowest BCUT2D eigenvalue weighted by molar-refractivity contribution is -0.153. The Morgan fingerprint density at radius 1 is 1.27 bits per heavy atom. The number of nitrogens with two attached hydrogens (primary N) is 1. The molecule has 1 aliphatic rings. The van der Waals surface area contributed by atoms with Crippen LogP contribution < -0.4 is 10.6 Å². The smallest absolute Gasteiger partial charge is 0.382 e. The minimum absolute atomic E-state index is 0.195. The second-order valence-electron chi connectivity index (χ2n) is 7.75. The van der Waals surface area contributed by atoms with Gasteiger partial charge in [-0.15, -0.1) is 0 Å². The highest BCUT2D eigenvalue weighted by Gasteiger charge is 2.41. The fraction of sp³-hybridized carbons (Fsp3) is 0.350. The Balaban J connectivity index is 1.85. The molecule has 1 unspecified atom stereocenters. The van der Waals surface area contributed by atoms with Crippen LogP contribution >= 0.6 is 0 Å². The van der Waals surface area contributed by atoms with Crippen molar-refractivity contribution < 1.29 is 22.7 Å². The fourth-order valence-corrected chi connectivity index (χ4v) is 3.80. The molecule has 1 saturated heterocycles. The molecule has 0 bridgehead atoms. The third kappa shape index (κ3) is 3.26. The van der Waals surface area contributed by atoms with Gasteiger partial charge in [-0.2, -0.15) is 18.3 Å². The molecule has 3 heterocycles. The maximum atomic E-state index is 13.6. The van der Waals surface area contributed by atoms with Crippen molar-refractivity contribution in [2.45, 2.75) is 38.7 Å². The number of aromatic nitrogens is 3. The number of amides is 1. The predicted octanol–water partition coefficient (Wildman–Crippen LogP) is 3.53. The molecule has 1 aromatic carbocycles. The molecular formula is C20H20F3N5O2. The van der Waals surface area contributed by atoms with E-state index < -0.39 is 17.3 Å². The third-order valence-electron chi connectivity index (χ3n) is 5.04. The highest BCUT2D eigenvalue weighted by Crippen LogP contribution is 2.39. The van der Waals surface area contributed by atoms with Crippen molar-refractivity contribution >= 4 is 22.9 Å². The first-order valence-electron chi connectivity index (χ1n) is 9.28. The van der Waals surface area contributed by atoms with Crippen LogP contribution in [0.15, 0.2) is 36.7 Å². The Labute approximate surface area is 170 Å². The summed E-state index contributed by atoms with van der Waals surface area (Å²) in [6.07, 6.45) is -3.72. The van der Waals surface area contributed by atoms with Crippen LogP contribution in [0.25, 0.3) is 16.8 Å². The quantitative estimate of drug-likeness (QED) is 0.687. The minimum atomic E-state index is -4.63. The van der Waals surface area contributed by atoms with Crippen LogP contribution in [0.2, 0.25) is 0 Å². The highest BCUT2D eigenvalue weighted by molar-refractivity contribution is 6.00. The molecule has 0 spiro atoms. The van der Waals surface area contributed by atoms with E-state index in [1.54, 1.807) is 43.0 Å². The van der Waals surface area contributed by atoms with E-state index in [0.29, 0.717) is 17.8 Å². The molecule has 0 aliphatic carbocycles. The number of nitrogen functional groups attached to an aromatic ring is 1. The van der Waals surface area contributed by atoms with Gasteiger partial charge in [-0.05, 0) is 39.0 Å². The molecule has 1 aliphatic heterocycles. The minimum Gasteiger partial charge on any atom is -0.382 e. The van der Waals surface area contributed by atoms with Gasteiger partial charge in [-0.3, -0.25) is 4.79 Å². The van der Waals surface area contributed by atoms with Crippen molar-refractivity contribution in [3.05, 3.63) is 42.2 Å². The summed E-state index contributed by atoms with van der Waals surface area (Å²) in [5.74, 6) is -0.487. The molecule has 3 aromatic rings. The number of carbonyl (C=O) groups is 1. The number of morpholine rings is 1. The number of nitrogens with zero attached hydrogens (tertiary/aromatic N) is 4. The molecule has 1 atom stereocenters. The monoisotopic (exact) mass is 419 g/mol. The Hall–Kier alpha value is -3.14. The number of hydrogen-bond acceptors (Lipinski definition) is 5. The number of halogens is 3. The summed E-state index contributed by atoms with van der Waals surface area (Å²) in [4.78, 5) is 18.1. The molecule has 30 heavy (non-hydrogen) atoms. The first kappa shape index (κ1) is 20.1. The average Bonchev–Trinajstić information content (AvgIpc) is 3.06. The standard InChI is InChI=1S/C20H20F3N5O2/c1-11-9-27(18(29)19(2,3)30-11)13-6-4-5-12(7-13)15-8-14(20(21,22)23)16-17(24)25-10-26-28(15)16/h4-8,10-11H,9H2,1-3H3,(H2,24,25,26). The Morgan fingerprint density at radius 3 is 2.70 bits per heavy atom. The predicted molar refractivity (Wildman–Crippen MR) is 105 cm³/mol. The van der Waals surface area contributed by atoms with Crippen LogP contribution in [0.4, 0.5) is 24.7 Å². The van der Waals surface area contributed by atoms with Crippen molar-refractivity contribution in [2.75, 3.05) is 17.2 Å². The van der Waals surface area contributed by atoms with Crippen LogP contribution in [-0.2, 0) is 15.7 Å². The molecule has 2 N–H and O–H groups in total. The van der Waals surface area contributed by atoms with Crippen molar-refractivity contribution in [1.82, 2.24) is 14.6 Å². The first-order chi connectivity index (χ1) is 14.0. The number of anilines is 2. The summed E-state index contributed by atoms with van der Waals surface area (Å²) in [5, 5.41) is 3.97. The SMILES string of the molecule is CC1CN(c2cccc(-c3cc(C(F)(F)F)c4c(N)ncnn34)c2)C(=O)C(C)(C)O1. The summed E-state index contributed by atoms with van der Waals surface area (Å²) < 4.78 is 47.6. The van der Waals surface area contributed by atoms with Crippen LogP contribution in [-0.4, -0.2) is 38.8 Å². The van der Waals surface area contributed by atoms with Gasteiger partial charge in [0.1, 0.15) is 17.4 Å². The lowest BCUT2D eigenvalue weighted by Gasteiger charge is -2.40. The van der Waals surface area contributed by atoms with Crippen LogP contribution in [0.3, 0.4) is 0 Å². The fourth-order valence-electron chi connectivity index (χ4n) is 3.80. The Kier molecular flexibility index (Phi) is 4.50. The number of fused-ring (bicyclic) bond motifs is 1. The largest absolute Gasteiger partial charge is 0.418 e. The summed E-state index contributed by atoms with van der Waals surface area (Å²) in [7, 11) is 0. The molecule has 10 heteroatoms. The zero-order valence-corrected chi connectivity index (χ0v) is 16.6. The maximum absolute atomic E-state index is 13.6. The topological polar surface area (TPSA) is 85.8 Å². The van der Waals surface area contributed by atoms with Gasteiger partial charge in [0.15, 0.2) is 5.82 Å². The molecule has 4 rings (SSSR count). The third-order valence-corrected chi connectivity index (χ3v) is 5.04. The first-order valence-corrected chi connectivity index (χ1v) is 9.28. The van der Waals surface area contributed by atoms with E-state index in [9.17, 15) is 18.0 Å². The van der Waals surface area contributed by atoms with Crippen molar-refractivity contribution in [1.29, 1.82) is 0 Å². The second-order valence-corrected chi connectivity index (χ2v) is 7.75. The normalized spacial score (nSPS) is 19.5. The van der Waals surface area contributed by atoms with E-state index in [1.165, 1.54) is 0 Å². The van der Waals surface area contributed by atoms with Gasteiger partial charge in [-0.25, -0.2) is 9.50 Å². The van der Waals surface area contributed by atoms with Gasteiger partial charge < -0.3 is 15.4 Å². The van der Waals surface area contributed by atoms with Crippen molar-refractivity contribution in [2.24, 2.45) is 0 Å². The van der Waals surface area contributed by atoms with E-state index in [1.807, 2.05) is 6.92 Å². The molecular weight excluding hydrogens is 399 g/mol. The number of benzene rings is 1. The van der Waals surface area contributed by atoms with Crippen LogP contribution in [0, 0.1) is 0 Å².